The Morgan fingerprint density at radius 2 is 1.47 bits per heavy atom. The van der Waals surface area contributed by atoms with Gasteiger partial charge in [0.15, 0.2) is 23.5 Å². The summed E-state index contributed by atoms with van der Waals surface area (Å²) in [6.45, 7) is -0.301. The first-order chi connectivity index (χ1) is 24.5. The predicted molar refractivity (Wildman–Crippen MR) is 172 cm³/mol. The lowest BCUT2D eigenvalue weighted by Gasteiger charge is -2.41. The number of hydrogen-bond donors (Lipinski definition) is 9. The fraction of sp³-hybridized carbons (Fsp3) is 0.545. The van der Waals surface area contributed by atoms with Crippen molar-refractivity contribution in [1.82, 2.24) is 0 Å². The molecule has 51 heavy (non-hydrogen) atoms. The number of fused-ring (bicyclic) bond motifs is 1. The van der Waals surface area contributed by atoms with Crippen LogP contribution in [-0.4, -0.2) is 148 Å². The Morgan fingerprint density at radius 3 is 2.18 bits per heavy atom. The van der Waals surface area contributed by atoms with Crippen molar-refractivity contribution in [2.24, 2.45) is 0 Å². The first kappa shape index (κ1) is 38.4. The molecule has 3 aromatic rings. The normalized spacial score (nSPS) is 28.1. The molecule has 2 saturated heterocycles. The third kappa shape index (κ3) is 8.65. The number of ether oxygens (including phenoxy) is 7. The van der Waals surface area contributed by atoms with Gasteiger partial charge in [0.25, 0.3) is 0 Å². The van der Waals surface area contributed by atoms with E-state index in [0.717, 1.165) is 6.07 Å². The van der Waals surface area contributed by atoms with Gasteiger partial charge in [0.1, 0.15) is 72.8 Å². The van der Waals surface area contributed by atoms with Crippen molar-refractivity contribution in [3.63, 3.8) is 0 Å². The molecule has 0 aliphatic carbocycles. The number of aliphatic hydroxyl groups is 8. The van der Waals surface area contributed by atoms with Gasteiger partial charge >= 0.3 is 0 Å². The van der Waals surface area contributed by atoms with Gasteiger partial charge in [-0.1, -0.05) is 0 Å². The molecule has 2 fully saturated rings. The van der Waals surface area contributed by atoms with Gasteiger partial charge in [0.05, 0.1) is 38.6 Å². The molecule has 3 heterocycles. The number of phenolic OH excluding ortho intramolecular Hbond substituents is 1. The standard InChI is InChI=1S/C33H42O18/c1-15-18(37)13-20(39)32(48-15)47-14-24-26(40)28(42)29(43)33(50-24)51-31-27(41)25-19(38)11-17(44-7-4-34)12-23(25)49-30(31)16-2-3-21(45-8-5-35)22(10-16)46-9-6-36/h2-3,10-12,15,18,20,24,26,28-29,32-40,42-43H,4-9,13-14H2,1H3/t15-,18+,20+,24+,26+,28-,29+,32+,33-/m0/s1. The van der Waals surface area contributed by atoms with Gasteiger partial charge < -0.3 is 83.5 Å². The SMILES string of the molecule is C[C@@H]1O[C@@H](OC[C@H]2O[C@@H](Oc3c(-c4ccc(OCCO)c(OCCO)c4)oc4cc(OCCO)cc(O)c4c3=O)[C@H](O)[C@@H](O)[C@@H]2O)[C@H](O)C[C@H]1O. The molecule has 0 radical (unpaired) electrons. The van der Waals surface area contributed by atoms with Crippen LogP contribution in [0.2, 0.25) is 0 Å². The second-order valence-electron chi connectivity index (χ2n) is 11.8. The fourth-order valence-corrected chi connectivity index (χ4v) is 5.55. The molecular formula is C33H42O18. The minimum atomic E-state index is -1.94. The van der Waals surface area contributed by atoms with Crippen molar-refractivity contribution in [1.29, 1.82) is 0 Å². The molecule has 9 atom stereocenters. The lowest BCUT2D eigenvalue weighted by Crippen LogP contribution is -2.61. The van der Waals surface area contributed by atoms with Gasteiger partial charge in [-0.25, -0.2) is 0 Å². The minimum Gasteiger partial charge on any atom is -0.507 e. The van der Waals surface area contributed by atoms with E-state index < -0.39 is 78.8 Å². The highest BCUT2D eigenvalue weighted by Crippen LogP contribution is 2.40. The van der Waals surface area contributed by atoms with Gasteiger partial charge in [-0.15, -0.1) is 0 Å². The van der Waals surface area contributed by atoms with E-state index in [1.54, 1.807) is 6.92 Å². The van der Waals surface area contributed by atoms with Crippen LogP contribution >= 0.6 is 0 Å². The highest BCUT2D eigenvalue weighted by atomic mass is 16.7. The molecule has 0 amide bonds. The van der Waals surface area contributed by atoms with E-state index in [4.69, 9.17) is 37.6 Å². The van der Waals surface area contributed by atoms with Crippen LogP contribution in [0.5, 0.6) is 28.7 Å². The summed E-state index contributed by atoms with van der Waals surface area (Å²) < 4.78 is 45.4. The fourth-order valence-electron chi connectivity index (χ4n) is 5.55. The quantitative estimate of drug-likeness (QED) is 0.0847. The summed E-state index contributed by atoms with van der Waals surface area (Å²) in [6.07, 6.45) is -12.9. The second kappa shape index (κ2) is 17.2. The Kier molecular flexibility index (Phi) is 12.9. The van der Waals surface area contributed by atoms with E-state index >= 15 is 0 Å². The monoisotopic (exact) mass is 726 g/mol. The molecule has 1 aromatic heterocycles. The maximum absolute atomic E-state index is 14.1. The van der Waals surface area contributed by atoms with E-state index in [1.807, 2.05) is 0 Å². The molecule has 2 aliphatic rings. The second-order valence-corrected chi connectivity index (χ2v) is 11.8. The van der Waals surface area contributed by atoms with Crippen LogP contribution in [0.1, 0.15) is 13.3 Å². The molecule has 0 unspecified atom stereocenters. The first-order valence-corrected chi connectivity index (χ1v) is 16.2. The maximum atomic E-state index is 14.1. The molecule has 0 saturated carbocycles. The van der Waals surface area contributed by atoms with E-state index in [9.17, 15) is 50.8 Å². The van der Waals surface area contributed by atoms with Crippen LogP contribution in [-0.2, 0) is 14.2 Å². The van der Waals surface area contributed by atoms with Gasteiger partial charge in [-0.05, 0) is 25.1 Å². The lowest BCUT2D eigenvalue weighted by atomic mass is 9.99. The van der Waals surface area contributed by atoms with Gasteiger partial charge in [0.2, 0.25) is 17.5 Å². The summed E-state index contributed by atoms with van der Waals surface area (Å²) in [6, 6.07) is 6.68. The molecule has 18 nitrogen and oxygen atoms in total. The number of benzene rings is 2. The summed E-state index contributed by atoms with van der Waals surface area (Å²) >= 11 is 0. The molecule has 0 spiro atoms. The third-order valence-corrected chi connectivity index (χ3v) is 8.19. The largest absolute Gasteiger partial charge is 0.507 e. The number of phenols is 1. The maximum Gasteiger partial charge on any atom is 0.239 e. The van der Waals surface area contributed by atoms with E-state index in [-0.39, 0.29) is 85.6 Å². The first-order valence-electron chi connectivity index (χ1n) is 16.2. The van der Waals surface area contributed by atoms with Gasteiger partial charge in [0, 0.05) is 24.1 Å². The van der Waals surface area contributed by atoms with Crippen molar-refractivity contribution in [3.05, 3.63) is 40.6 Å². The number of aromatic hydroxyl groups is 1. The van der Waals surface area contributed by atoms with Crippen molar-refractivity contribution >= 4 is 11.0 Å². The molecule has 0 bridgehead atoms. The Balaban J connectivity index is 1.54. The number of hydrogen-bond acceptors (Lipinski definition) is 18. The van der Waals surface area contributed by atoms with Crippen LogP contribution < -0.4 is 24.4 Å². The van der Waals surface area contributed by atoms with E-state index in [2.05, 4.69) is 0 Å². The lowest BCUT2D eigenvalue weighted by molar-refractivity contribution is -0.305. The summed E-state index contributed by atoms with van der Waals surface area (Å²) in [7, 11) is 0. The average Bonchev–Trinajstić information content (AvgIpc) is 3.11. The van der Waals surface area contributed by atoms with E-state index in [1.165, 1.54) is 24.3 Å². The minimum absolute atomic E-state index is 0.0449. The molecular weight excluding hydrogens is 684 g/mol. The Hall–Kier alpha value is -3.79. The molecule has 5 rings (SSSR count). The van der Waals surface area contributed by atoms with Crippen molar-refractivity contribution in [3.8, 4) is 40.1 Å². The highest BCUT2D eigenvalue weighted by Gasteiger charge is 2.46. The zero-order valence-electron chi connectivity index (χ0n) is 27.4. The third-order valence-electron chi connectivity index (χ3n) is 8.19. The Bertz CT molecular complexity index is 1660. The predicted octanol–water partition coefficient (Wildman–Crippen LogP) is -1.66. The summed E-state index contributed by atoms with van der Waals surface area (Å²) in [5, 5.41) is 90.9. The average molecular weight is 727 g/mol. The van der Waals surface area contributed by atoms with Crippen molar-refractivity contribution in [2.75, 3.05) is 46.2 Å². The van der Waals surface area contributed by atoms with E-state index in [0.29, 0.717) is 0 Å². The topological polar surface area (TPSA) is 277 Å². The zero-order chi connectivity index (χ0) is 36.8. The summed E-state index contributed by atoms with van der Waals surface area (Å²) in [4.78, 5) is 14.1. The molecule has 9 N–H and O–H groups in total. The van der Waals surface area contributed by atoms with Crippen molar-refractivity contribution < 1.29 is 83.5 Å². The Morgan fingerprint density at radius 1 is 0.784 bits per heavy atom. The van der Waals surface area contributed by atoms with Crippen LogP contribution in [0.3, 0.4) is 0 Å². The highest BCUT2D eigenvalue weighted by molar-refractivity contribution is 5.88. The molecule has 282 valence electrons. The summed E-state index contributed by atoms with van der Waals surface area (Å²) in [5.74, 6) is -1.18. The summed E-state index contributed by atoms with van der Waals surface area (Å²) in [5.41, 5.74) is -1.00. The van der Waals surface area contributed by atoms with Crippen LogP contribution in [0.25, 0.3) is 22.3 Å². The van der Waals surface area contributed by atoms with Crippen LogP contribution in [0, 0.1) is 0 Å². The molecule has 2 aliphatic heterocycles. The molecule has 2 aromatic carbocycles. The molecule has 18 heteroatoms. The number of aliphatic hydroxyl groups excluding tert-OH is 8. The van der Waals surface area contributed by atoms with Crippen LogP contribution in [0.4, 0.5) is 0 Å². The van der Waals surface area contributed by atoms with Gasteiger partial charge in [-0.3, -0.25) is 4.79 Å². The van der Waals surface area contributed by atoms with Gasteiger partial charge in [-0.2, -0.15) is 0 Å². The smallest absolute Gasteiger partial charge is 0.239 e. The number of rotatable bonds is 15. The van der Waals surface area contributed by atoms with Crippen LogP contribution in [0.15, 0.2) is 39.5 Å². The zero-order valence-corrected chi connectivity index (χ0v) is 27.4. The van der Waals surface area contributed by atoms with Crippen molar-refractivity contribution in [2.45, 2.75) is 68.7 Å². The Labute approximate surface area is 290 Å².